The fourth-order valence-electron chi connectivity index (χ4n) is 0. The van der Waals surface area contributed by atoms with Crippen molar-refractivity contribution in [3.63, 3.8) is 0 Å². The molecule has 2 radical (unpaired) electrons. The Kier molecular flexibility index (Phi) is 124. The molecule has 0 atom stereocenters. The van der Waals surface area contributed by atoms with Crippen molar-refractivity contribution in [2.24, 2.45) is 0 Å². The average molecular weight is 466 g/mol. The van der Waals surface area contributed by atoms with Crippen LogP contribution >= 0.6 is 0 Å². The van der Waals surface area contributed by atoms with Gasteiger partial charge in [0.15, 0.2) is 0 Å². The van der Waals surface area contributed by atoms with Gasteiger partial charge in [0.05, 0.1) is 0 Å². The van der Waals surface area contributed by atoms with E-state index in [9.17, 15) is 0 Å². The Morgan fingerprint density at radius 2 is 1.00 bits per heavy atom. The quantitative estimate of drug-likeness (QED) is 0.348. The molecule has 0 aromatic carbocycles. The van der Waals surface area contributed by atoms with E-state index in [4.69, 9.17) is 0 Å². The molecule has 0 spiro atoms. The minimum Gasteiger partial charge on any atom is 0 e. The molecule has 0 fully saturated rings. The van der Waals surface area contributed by atoms with E-state index in [1.165, 1.54) is 0 Å². The predicted octanol–water partition coefficient (Wildman–Crippen LogP) is -2.48. The van der Waals surface area contributed by atoms with Crippen LogP contribution in [-0.2, 0) is 22.4 Å². The Bertz CT molecular complexity index is 8.00. The zero-order chi connectivity index (χ0) is 0. The van der Waals surface area contributed by atoms with E-state index >= 15 is 0 Å². The summed E-state index contributed by atoms with van der Waals surface area (Å²) in [5.41, 5.74) is 0. The normalized spacial score (nSPS) is 0. The van der Waals surface area contributed by atoms with Crippen LogP contribution in [0.5, 0.6) is 0 Å². The average Bonchev–Trinajstić information content (AvgIpc) is 0. The molecule has 0 saturated heterocycles. The van der Waals surface area contributed by atoms with Gasteiger partial charge in [0.2, 0.25) is 0 Å². The van der Waals surface area contributed by atoms with Gasteiger partial charge in [0, 0.05) is 49.7 Å². The summed E-state index contributed by atoms with van der Waals surface area (Å²) >= 11 is 0. The molecule has 0 amide bonds. The Morgan fingerprint density at radius 3 is 1.00 bits per heavy atom. The van der Waals surface area contributed by atoms with E-state index in [1.54, 1.807) is 0 Å². The summed E-state index contributed by atoms with van der Waals surface area (Å²) in [7, 11) is 0. The van der Waals surface area contributed by atoms with Crippen molar-refractivity contribution in [1.82, 2.24) is 0 Å². The van der Waals surface area contributed by atoms with Crippen molar-refractivity contribution in [3.8, 4) is 0 Å². The molecule has 4 heavy (non-hydrogen) atoms. The second-order valence-corrected chi connectivity index (χ2v) is 0. The van der Waals surface area contributed by atoms with Gasteiger partial charge in [-0.3, -0.25) is 0 Å². The molecule has 0 aromatic rings. The van der Waals surface area contributed by atoms with Crippen LogP contribution in [0.4, 0.5) is 0 Å². The Labute approximate surface area is 85.1 Å². The molecule has 0 aromatic heterocycles. The standard InChI is InChI=1S/Ag.Ga.H2Se.Tl.3H/h;;1H2;;;;. The van der Waals surface area contributed by atoms with Crippen LogP contribution in [0.3, 0.4) is 0 Å². The van der Waals surface area contributed by atoms with Crippen molar-refractivity contribution < 1.29 is 22.4 Å². The van der Waals surface area contributed by atoms with Crippen LogP contribution in [0.1, 0.15) is 0 Å². The van der Waals surface area contributed by atoms with Crippen molar-refractivity contribution in [2.75, 3.05) is 0 Å². The van der Waals surface area contributed by atoms with E-state index in [0.717, 1.165) is 0 Å². The van der Waals surface area contributed by atoms with Crippen molar-refractivity contribution in [3.05, 3.63) is 0 Å². The van der Waals surface area contributed by atoms with Gasteiger partial charge in [-0.1, -0.05) is 0 Å². The van der Waals surface area contributed by atoms with E-state index in [-0.39, 0.29) is 86.5 Å². The van der Waals surface area contributed by atoms with Gasteiger partial charge in [-0.25, -0.2) is 0 Å². The predicted molar refractivity (Wildman–Crippen MR) is 24.2 cm³/mol. The monoisotopic (exact) mass is 466 g/mol. The minimum atomic E-state index is 0. The van der Waals surface area contributed by atoms with E-state index < -0.39 is 0 Å². The van der Waals surface area contributed by atoms with Crippen LogP contribution in [0.2, 0.25) is 0 Å². The summed E-state index contributed by atoms with van der Waals surface area (Å²) < 4.78 is 0. The molecular weight excluding hydrogens is 461 g/mol. The van der Waals surface area contributed by atoms with Crippen LogP contribution in [0, 0.1) is 0 Å². The van der Waals surface area contributed by atoms with Gasteiger partial charge in [-0.05, 0) is 0 Å². The molecule has 0 rings (SSSR count). The molecule has 4 heteroatoms. The topological polar surface area (TPSA) is 0 Å². The maximum Gasteiger partial charge on any atom is 0 e. The van der Waals surface area contributed by atoms with Crippen LogP contribution in [0.15, 0.2) is 0 Å². The third-order valence-electron chi connectivity index (χ3n) is 0. The smallest absolute Gasteiger partial charge is 0 e. The van der Waals surface area contributed by atoms with Crippen LogP contribution in [0.25, 0.3) is 0 Å². The SMILES string of the molecule is [Ag].[GaH3].[SeH2].[Tl]. The third kappa shape index (κ3) is 8.84. The molecule has 0 heterocycles. The van der Waals surface area contributed by atoms with Gasteiger partial charge < -0.3 is 0 Å². The van der Waals surface area contributed by atoms with Gasteiger partial charge in [0.25, 0.3) is 0 Å². The van der Waals surface area contributed by atoms with Crippen molar-refractivity contribution in [2.45, 2.75) is 0 Å². The number of rotatable bonds is 0. The van der Waals surface area contributed by atoms with Crippen molar-refractivity contribution >= 4 is 64.2 Å². The second kappa shape index (κ2) is 17.0. The molecule has 0 aliphatic heterocycles. The zero-order valence-corrected chi connectivity index (χ0v) is 9.45. The van der Waals surface area contributed by atoms with Gasteiger partial charge in [-0.15, -0.1) is 0 Å². The molecule has 0 nitrogen and oxygen atoms in total. The summed E-state index contributed by atoms with van der Waals surface area (Å²) in [6.07, 6.45) is 0. The molecule has 0 aliphatic carbocycles. The molecule has 28 valence electrons. The van der Waals surface area contributed by atoms with Crippen LogP contribution < -0.4 is 0 Å². The molecule has 0 unspecified atom stereocenters. The fraction of sp³-hybridized carbons (Fsp3) is 0. The zero-order valence-electron chi connectivity index (χ0n) is 1.38. The minimum absolute atomic E-state index is 0. The number of hydrogen-bond acceptors (Lipinski definition) is 0. The molecule has 0 saturated carbocycles. The summed E-state index contributed by atoms with van der Waals surface area (Å²) in [6.45, 7) is 0. The third-order valence-corrected chi connectivity index (χ3v) is 0. The summed E-state index contributed by atoms with van der Waals surface area (Å²) in [5, 5.41) is 0. The molecule has 0 N–H and O–H groups in total. The molecule has 0 aliphatic rings. The van der Waals surface area contributed by atoms with E-state index in [0.29, 0.717) is 0 Å². The van der Waals surface area contributed by atoms with E-state index in [1.807, 2.05) is 0 Å². The number of hydrogen-bond donors (Lipinski definition) is 0. The van der Waals surface area contributed by atoms with E-state index in [2.05, 4.69) is 0 Å². The largest absolute Gasteiger partial charge is 0 e. The Morgan fingerprint density at radius 1 is 1.00 bits per heavy atom. The van der Waals surface area contributed by atoms with Crippen LogP contribution in [-0.4, -0.2) is 64.2 Å². The first-order valence-corrected chi connectivity index (χ1v) is 0. The Balaban J connectivity index is 0. The Hall–Kier alpha value is 2.82. The first-order valence-electron chi connectivity index (χ1n) is 0. The van der Waals surface area contributed by atoms with Gasteiger partial charge >= 0.3 is 36.9 Å². The maximum atomic E-state index is 0. The molecular formula is H5AgGaSeTl. The summed E-state index contributed by atoms with van der Waals surface area (Å²) in [6, 6.07) is 0. The fourth-order valence-corrected chi connectivity index (χ4v) is 0. The van der Waals surface area contributed by atoms with Gasteiger partial charge in [0.1, 0.15) is 0 Å². The second-order valence-electron chi connectivity index (χ2n) is 0. The first-order chi connectivity index (χ1) is 0. The van der Waals surface area contributed by atoms with Crippen molar-refractivity contribution in [1.29, 1.82) is 0 Å². The summed E-state index contributed by atoms with van der Waals surface area (Å²) in [4.78, 5) is 0. The first kappa shape index (κ1) is 29.1. The summed E-state index contributed by atoms with van der Waals surface area (Å²) in [5.74, 6) is 0. The van der Waals surface area contributed by atoms with Gasteiger partial charge in [-0.2, -0.15) is 0 Å². The maximum absolute atomic E-state index is 0. The molecule has 0 bridgehead atoms.